The summed E-state index contributed by atoms with van der Waals surface area (Å²) in [6, 6.07) is 4.63. The molecule has 1 heterocycles. The van der Waals surface area contributed by atoms with Crippen molar-refractivity contribution >= 4 is 5.91 Å². The van der Waals surface area contributed by atoms with E-state index in [1.165, 1.54) is 6.07 Å². The van der Waals surface area contributed by atoms with Gasteiger partial charge in [-0.25, -0.2) is 4.39 Å². The molecule has 1 saturated carbocycles. The van der Waals surface area contributed by atoms with E-state index in [0.717, 1.165) is 12.8 Å². The normalized spacial score (nSPS) is 24.6. The van der Waals surface area contributed by atoms with Crippen LogP contribution >= 0.6 is 0 Å². The van der Waals surface area contributed by atoms with Crippen molar-refractivity contribution in [3.05, 3.63) is 35.1 Å². The second-order valence-electron chi connectivity index (χ2n) is 3.99. The van der Waals surface area contributed by atoms with Gasteiger partial charge in [0.15, 0.2) is 0 Å². The number of halogens is 1. The highest BCUT2D eigenvalue weighted by atomic mass is 19.1. The van der Waals surface area contributed by atoms with E-state index in [1.54, 1.807) is 12.1 Å². The van der Waals surface area contributed by atoms with Gasteiger partial charge in [-0.3, -0.25) is 4.79 Å². The first-order valence-corrected chi connectivity index (χ1v) is 4.86. The van der Waals surface area contributed by atoms with Gasteiger partial charge in [-0.15, -0.1) is 0 Å². The Balaban J connectivity index is 2.14. The number of nitrogens with one attached hydrogen (secondary N) is 1. The van der Waals surface area contributed by atoms with E-state index in [-0.39, 0.29) is 17.8 Å². The highest BCUT2D eigenvalue weighted by Gasteiger charge is 2.41. The molecule has 2 aliphatic rings. The standard InChI is InChI=1S/C11H10FNO/c12-8-3-1-2-7-9(8)10(6-4-5-6)13-11(7)14/h1-3,6,10H,4-5H2,(H,13,14). The maximum absolute atomic E-state index is 13.5. The molecule has 2 nitrogen and oxygen atoms in total. The summed E-state index contributed by atoms with van der Waals surface area (Å²) >= 11 is 0. The minimum Gasteiger partial charge on any atom is -0.345 e. The molecule has 1 aromatic rings. The molecule has 0 saturated heterocycles. The molecule has 1 amide bonds. The van der Waals surface area contributed by atoms with E-state index in [2.05, 4.69) is 5.32 Å². The van der Waals surface area contributed by atoms with Crippen LogP contribution in [0.25, 0.3) is 0 Å². The summed E-state index contributed by atoms with van der Waals surface area (Å²) in [4.78, 5) is 11.5. The van der Waals surface area contributed by atoms with E-state index >= 15 is 0 Å². The van der Waals surface area contributed by atoms with Crippen LogP contribution in [-0.2, 0) is 0 Å². The molecule has 1 aromatic carbocycles. The molecule has 0 aromatic heterocycles. The first kappa shape index (κ1) is 7.97. The molecule has 1 aliphatic heterocycles. The SMILES string of the molecule is O=C1NC(C2CC2)c2c(F)cccc21. The summed E-state index contributed by atoms with van der Waals surface area (Å²) in [5.74, 6) is 0.0752. The van der Waals surface area contributed by atoms with Gasteiger partial charge in [0.2, 0.25) is 0 Å². The number of amides is 1. The molecule has 0 bridgehead atoms. The number of hydrogen-bond acceptors (Lipinski definition) is 1. The van der Waals surface area contributed by atoms with Crippen molar-refractivity contribution in [3.8, 4) is 0 Å². The lowest BCUT2D eigenvalue weighted by molar-refractivity contribution is 0.0953. The van der Waals surface area contributed by atoms with Gasteiger partial charge in [-0.05, 0) is 30.9 Å². The molecular weight excluding hydrogens is 181 g/mol. The third-order valence-corrected chi connectivity index (χ3v) is 2.99. The lowest BCUT2D eigenvalue weighted by Crippen LogP contribution is -2.20. The van der Waals surface area contributed by atoms with E-state index in [0.29, 0.717) is 17.0 Å². The lowest BCUT2D eigenvalue weighted by Gasteiger charge is -2.09. The molecule has 1 unspecified atom stereocenters. The van der Waals surface area contributed by atoms with Crippen molar-refractivity contribution in [3.63, 3.8) is 0 Å². The molecule has 1 aliphatic carbocycles. The fourth-order valence-corrected chi connectivity index (χ4v) is 2.13. The maximum Gasteiger partial charge on any atom is 0.252 e. The van der Waals surface area contributed by atoms with Gasteiger partial charge in [0.05, 0.1) is 6.04 Å². The number of benzene rings is 1. The number of rotatable bonds is 1. The summed E-state index contributed by atoms with van der Waals surface area (Å²) in [5, 5.41) is 2.84. The average molecular weight is 191 g/mol. The van der Waals surface area contributed by atoms with Gasteiger partial charge in [0, 0.05) is 11.1 Å². The Morgan fingerprint density at radius 1 is 1.36 bits per heavy atom. The van der Waals surface area contributed by atoms with Crippen LogP contribution in [0.15, 0.2) is 18.2 Å². The molecule has 0 spiro atoms. The highest BCUT2D eigenvalue weighted by Crippen LogP contribution is 2.45. The molecule has 3 rings (SSSR count). The van der Waals surface area contributed by atoms with Crippen molar-refractivity contribution in [2.45, 2.75) is 18.9 Å². The molecule has 72 valence electrons. The van der Waals surface area contributed by atoms with Crippen LogP contribution in [0.1, 0.15) is 34.8 Å². The quantitative estimate of drug-likeness (QED) is 0.722. The van der Waals surface area contributed by atoms with Crippen molar-refractivity contribution < 1.29 is 9.18 Å². The van der Waals surface area contributed by atoms with Crippen LogP contribution in [0, 0.1) is 11.7 Å². The van der Waals surface area contributed by atoms with Gasteiger partial charge in [-0.2, -0.15) is 0 Å². The second kappa shape index (κ2) is 2.56. The Hall–Kier alpha value is -1.38. The van der Waals surface area contributed by atoms with Gasteiger partial charge < -0.3 is 5.32 Å². The predicted molar refractivity (Wildman–Crippen MR) is 49.3 cm³/mol. The van der Waals surface area contributed by atoms with Crippen molar-refractivity contribution in [2.24, 2.45) is 5.92 Å². The molecule has 1 atom stereocenters. The van der Waals surface area contributed by atoms with Crippen LogP contribution in [0.4, 0.5) is 4.39 Å². The summed E-state index contributed by atoms with van der Waals surface area (Å²) in [5.41, 5.74) is 1.10. The van der Waals surface area contributed by atoms with E-state index in [9.17, 15) is 9.18 Å². The summed E-state index contributed by atoms with van der Waals surface area (Å²) in [6.07, 6.45) is 2.19. The molecule has 0 radical (unpaired) electrons. The topological polar surface area (TPSA) is 29.1 Å². The first-order valence-electron chi connectivity index (χ1n) is 4.86. The Morgan fingerprint density at radius 2 is 2.14 bits per heavy atom. The zero-order chi connectivity index (χ0) is 9.71. The smallest absolute Gasteiger partial charge is 0.252 e. The predicted octanol–water partition coefficient (Wildman–Crippen LogP) is 2.02. The van der Waals surface area contributed by atoms with E-state index in [4.69, 9.17) is 0 Å². The molecule has 14 heavy (non-hydrogen) atoms. The zero-order valence-electron chi connectivity index (χ0n) is 7.59. The van der Waals surface area contributed by atoms with Crippen LogP contribution < -0.4 is 5.32 Å². The highest BCUT2D eigenvalue weighted by molar-refractivity contribution is 5.99. The Morgan fingerprint density at radius 3 is 2.86 bits per heavy atom. The maximum atomic E-state index is 13.5. The number of hydrogen-bond donors (Lipinski definition) is 1. The summed E-state index contributed by atoms with van der Waals surface area (Å²) in [7, 11) is 0. The molecular formula is C11H10FNO. The van der Waals surface area contributed by atoms with E-state index < -0.39 is 0 Å². The Labute approximate surface area is 81.1 Å². The lowest BCUT2D eigenvalue weighted by atomic mass is 10.0. The van der Waals surface area contributed by atoms with E-state index in [1.807, 2.05) is 0 Å². The van der Waals surface area contributed by atoms with Crippen molar-refractivity contribution in [2.75, 3.05) is 0 Å². The van der Waals surface area contributed by atoms with Crippen molar-refractivity contribution in [1.82, 2.24) is 5.32 Å². The summed E-state index contributed by atoms with van der Waals surface area (Å²) in [6.45, 7) is 0. The first-order chi connectivity index (χ1) is 6.77. The zero-order valence-corrected chi connectivity index (χ0v) is 7.59. The average Bonchev–Trinajstić information content (AvgIpc) is 2.94. The Kier molecular flexibility index (Phi) is 1.46. The third-order valence-electron chi connectivity index (χ3n) is 2.99. The van der Waals surface area contributed by atoms with Crippen LogP contribution in [0.2, 0.25) is 0 Å². The van der Waals surface area contributed by atoms with Crippen LogP contribution in [0.3, 0.4) is 0 Å². The number of carbonyl (C=O) groups excluding carboxylic acids is 1. The molecule has 1 N–H and O–H groups in total. The fourth-order valence-electron chi connectivity index (χ4n) is 2.13. The minimum atomic E-state index is -0.252. The minimum absolute atomic E-state index is 0.0706. The van der Waals surface area contributed by atoms with Crippen LogP contribution in [0.5, 0.6) is 0 Å². The van der Waals surface area contributed by atoms with Crippen molar-refractivity contribution in [1.29, 1.82) is 0 Å². The fraction of sp³-hybridized carbons (Fsp3) is 0.364. The summed E-state index contributed by atoms with van der Waals surface area (Å²) < 4.78 is 13.5. The number of fused-ring (bicyclic) bond motifs is 1. The van der Waals surface area contributed by atoms with Gasteiger partial charge >= 0.3 is 0 Å². The second-order valence-corrected chi connectivity index (χ2v) is 3.99. The largest absolute Gasteiger partial charge is 0.345 e. The van der Waals surface area contributed by atoms with Gasteiger partial charge in [0.1, 0.15) is 5.82 Å². The Bertz CT molecular complexity index is 412. The van der Waals surface area contributed by atoms with Gasteiger partial charge in [0.25, 0.3) is 5.91 Å². The molecule has 1 fully saturated rings. The monoisotopic (exact) mass is 191 g/mol. The third kappa shape index (κ3) is 0.983. The molecule has 3 heteroatoms. The van der Waals surface area contributed by atoms with Gasteiger partial charge in [-0.1, -0.05) is 6.07 Å². The number of carbonyl (C=O) groups is 1. The van der Waals surface area contributed by atoms with Crippen LogP contribution in [-0.4, -0.2) is 5.91 Å².